The number of hydrogen-bond acceptors (Lipinski definition) is 18. The van der Waals surface area contributed by atoms with Crippen molar-refractivity contribution in [1.82, 2.24) is 0 Å². The average molecular weight is 995 g/mol. The van der Waals surface area contributed by atoms with Gasteiger partial charge in [-0.05, 0) is 35.4 Å². The van der Waals surface area contributed by atoms with Crippen molar-refractivity contribution in [2.24, 2.45) is 17.8 Å². The second-order valence-electron chi connectivity index (χ2n) is 18.2. The third-order valence-corrected chi connectivity index (χ3v) is 20.3. The maximum atomic E-state index is 11.7. The van der Waals surface area contributed by atoms with E-state index in [0.717, 1.165) is 22.8 Å². The molecule has 374 valence electrons. The Hall–Kier alpha value is -1.46. The fourth-order valence-corrected chi connectivity index (χ4v) is 11.6. The van der Waals surface area contributed by atoms with Crippen LogP contribution in [0.2, 0.25) is 18.1 Å². The minimum Gasteiger partial charge on any atom is -0.459 e. The van der Waals surface area contributed by atoms with Crippen molar-refractivity contribution in [2.75, 3.05) is 37.1 Å². The molecule has 5 rings (SSSR count). The Morgan fingerprint density at radius 2 is 1.17 bits per heavy atom. The summed E-state index contributed by atoms with van der Waals surface area (Å²) in [6.45, 7) is 27.4. The Morgan fingerprint density at radius 3 is 1.66 bits per heavy atom. The zero-order chi connectivity index (χ0) is 48.8. The summed E-state index contributed by atoms with van der Waals surface area (Å²) in [5.74, 6) is 1.28. The van der Waals surface area contributed by atoms with E-state index in [2.05, 4.69) is 47.7 Å². The predicted octanol–water partition coefficient (Wildman–Crippen LogP) is 6.95. The van der Waals surface area contributed by atoms with Crippen LogP contribution >= 0.6 is 35.3 Å². The molecule has 4 heterocycles. The third kappa shape index (κ3) is 16.6. The molecule has 1 aromatic carbocycles. The normalized spacial score (nSPS) is 34.9. The van der Waals surface area contributed by atoms with E-state index >= 15 is 0 Å². The highest BCUT2D eigenvalue weighted by Crippen LogP contribution is 2.41. The second-order valence-corrected chi connectivity index (χ2v) is 27.1. The molecule has 3 N–H and O–H groups in total. The largest absolute Gasteiger partial charge is 0.459 e. The number of aliphatic hydroxyl groups is 3. The number of fused-ring (bicyclic) bond motifs is 1. The van der Waals surface area contributed by atoms with E-state index in [9.17, 15) is 24.6 Å². The first-order valence-electron chi connectivity index (χ1n) is 22.8. The van der Waals surface area contributed by atoms with Gasteiger partial charge in [-0.3, -0.25) is 14.4 Å². The van der Waals surface area contributed by atoms with Gasteiger partial charge in [-0.1, -0.05) is 92.6 Å². The molecule has 15 nitrogen and oxygen atoms in total. The number of thioether (sulfide) groups is 3. The number of ether oxygens (including phenoxy) is 8. The van der Waals surface area contributed by atoms with Crippen molar-refractivity contribution in [3.8, 4) is 0 Å². The molecule has 0 spiro atoms. The first kappa shape index (κ1) is 57.9. The molecular formula is C46H78O15S3Si. The zero-order valence-corrected chi connectivity index (χ0v) is 44.3. The Balaban J connectivity index is 0.000000266. The van der Waals surface area contributed by atoms with E-state index in [0.29, 0.717) is 13.2 Å². The molecule has 19 heteroatoms. The van der Waals surface area contributed by atoms with Gasteiger partial charge in [-0.2, -0.15) is 0 Å². The summed E-state index contributed by atoms with van der Waals surface area (Å²) in [5.41, 5.74) is 0.650. The van der Waals surface area contributed by atoms with Gasteiger partial charge in [0.2, 0.25) is 0 Å². The first-order valence-corrected chi connectivity index (χ1v) is 28.8. The first-order chi connectivity index (χ1) is 30.5. The molecule has 0 radical (unpaired) electrons. The fraction of sp³-hybridized carbons (Fsp3) is 0.804. The van der Waals surface area contributed by atoms with Crippen LogP contribution in [0.3, 0.4) is 0 Å². The molecule has 1 aromatic rings. The lowest BCUT2D eigenvalue weighted by atomic mass is 9.93. The molecule has 4 fully saturated rings. The molecule has 0 bridgehead atoms. The minimum absolute atomic E-state index is 0.00623. The number of carbonyl (C=O) groups is 3. The van der Waals surface area contributed by atoms with Crippen molar-refractivity contribution < 1.29 is 72.0 Å². The minimum atomic E-state index is -2.00. The number of hydrogen-bond donors (Lipinski definition) is 3. The maximum absolute atomic E-state index is 11.7. The van der Waals surface area contributed by atoms with Crippen LogP contribution in [0.25, 0.3) is 0 Å². The van der Waals surface area contributed by atoms with E-state index in [1.54, 1.807) is 35.3 Å². The Morgan fingerprint density at radius 1 is 0.692 bits per heavy atom. The highest BCUT2D eigenvalue weighted by Gasteiger charge is 2.50. The Kier molecular flexibility index (Phi) is 24.1. The lowest BCUT2D eigenvalue weighted by Gasteiger charge is -2.47. The van der Waals surface area contributed by atoms with Gasteiger partial charge in [0, 0.05) is 44.1 Å². The molecular weight excluding hydrogens is 917 g/mol. The lowest BCUT2D eigenvalue weighted by molar-refractivity contribution is -0.311. The van der Waals surface area contributed by atoms with E-state index in [1.165, 1.54) is 20.8 Å². The molecule has 7 unspecified atom stereocenters. The van der Waals surface area contributed by atoms with Crippen LogP contribution in [0.15, 0.2) is 30.3 Å². The maximum Gasteiger partial charge on any atom is 0.303 e. The second kappa shape index (κ2) is 27.1. The molecule has 65 heavy (non-hydrogen) atoms. The van der Waals surface area contributed by atoms with Crippen LogP contribution in [0, 0.1) is 17.8 Å². The molecule has 16 atom stereocenters. The van der Waals surface area contributed by atoms with Gasteiger partial charge in [0.1, 0.15) is 59.0 Å². The summed E-state index contributed by atoms with van der Waals surface area (Å²) < 4.78 is 52.2. The van der Waals surface area contributed by atoms with Gasteiger partial charge in [0.25, 0.3) is 0 Å². The topological polar surface area (TPSA) is 195 Å². The monoisotopic (exact) mass is 994 g/mol. The molecule has 0 amide bonds. The predicted molar refractivity (Wildman–Crippen MR) is 257 cm³/mol. The number of benzene rings is 1. The summed E-state index contributed by atoms with van der Waals surface area (Å²) in [6.07, 6.45) is -5.48. The molecule has 4 aliphatic rings. The zero-order valence-electron chi connectivity index (χ0n) is 40.8. The van der Waals surface area contributed by atoms with Gasteiger partial charge in [0.05, 0.1) is 25.9 Å². The summed E-state index contributed by atoms with van der Waals surface area (Å²) in [7, 11) is -2.00. The van der Waals surface area contributed by atoms with Gasteiger partial charge < -0.3 is 57.6 Å². The summed E-state index contributed by atoms with van der Waals surface area (Å²) in [5, 5.41) is 29.7. The summed E-state index contributed by atoms with van der Waals surface area (Å²) >= 11 is 4.96. The molecule has 4 aliphatic heterocycles. The summed E-state index contributed by atoms with van der Waals surface area (Å²) in [6, 6.07) is 9.82. The Bertz CT molecular complexity index is 1590. The van der Waals surface area contributed by atoms with Gasteiger partial charge in [0.15, 0.2) is 20.7 Å². The molecule has 0 saturated carbocycles. The summed E-state index contributed by atoms with van der Waals surface area (Å²) in [4.78, 5) is 34.4. The van der Waals surface area contributed by atoms with Crippen LogP contribution in [0.1, 0.15) is 94.9 Å². The lowest BCUT2D eigenvalue weighted by Crippen LogP contribution is -2.58. The number of rotatable bonds is 14. The van der Waals surface area contributed by atoms with Crippen LogP contribution in [0.5, 0.6) is 0 Å². The van der Waals surface area contributed by atoms with Gasteiger partial charge in [-0.25, -0.2) is 0 Å². The van der Waals surface area contributed by atoms with Crippen LogP contribution in [-0.4, -0.2) is 150 Å². The quantitative estimate of drug-likeness (QED) is 0.0984. The van der Waals surface area contributed by atoms with Crippen LogP contribution in [-0.2, 0) is 56.7 Å². The fourth-order valence-electron chi connectivity index (χ4n) is 7.53. The van der Waals surface area contributed by atoms with Crippen molar-refractivity contribution in [3.05, 3.63) is 35.9 Å². The van der Waals surface area contributed by atoms with E-state index in [1.807, 2.05) is 58.0 Å². The van der Waals surface area contributed by atoms with Crippen molar-refractivity contribution in [1.29, 1.82) is 0 Å². The van der Waals surface area contributed by atoms with Crippen LogP contribution < -0.4 is 0 Å². The standard InChI is InChI=1S/C19H36O6SSi.C16H22O4S.C11H20O5S/c1-10-26-18-12(2)16(23-13(3)20)17(24-14(4)21)15(25-18)11-22-27(8,9)19(5,6)7;1-3-21-16-10(2)13(17)14-12(19-16)9-18-15(20-14)11-7-5-4-6-8-11;1-4-17-11-6(2)10(15-7(3)13)9(14)8(5-12)16-11/h12,15-18H,10-11H2,1-9H3;4-8,10,12-17H,3,9H2,1-2H3;6,8-12,14H,4-5H2,1-3H3/t12-,15?,16+,17+,18?;10-,12?,13+,14+,15?,16?;6-,8?,9+,10+,11?/m000/s1. The number of aliphatic hydroxyl groups excluding tert-OH is 3. The van der Waals surface area contributed by atoms with E-state index < -0.39 is 75.2 Å². The van der Waals surface area contributed by atoms with Crippen molar-refractivity contribution in [2.45, 2.75) is 179 Å². The van der Waals surface area contributed by atoms with E-state index in [-0.39, 0.29) is 57.9 Å². The van der Waals surface area contributed by atoms with Crippen molar-refractivity contribution >= 4 is 61.5 Å². The average Bonchev–Trinajstić information content (AvgIpc) is 3.24. The van der Waals surface area contributed by atoms with E-state index in [4.69, 9.17) is 47.4 Å². The third-order valence-electron chi connectivity index (χ3n) is 12.2. The SMILES string of the molecule is CCSC1OC(CO)[C@@H](O)[C@H](OC(C)=O)[C@@H]1C.CCSC1OC(CO[Si](C)(C)C(C)(C)C)[C@@H](OC(C)=O)[C@H](OC(C)=O)[C@@H]1C.CCSC1OC2COC(c3ccccc3)O[C@H]2[C@H](O)[C@@H]1C. The molecule has 0 aliphatic carbocycles. The highest BCUT2D eigenvalue weighted by atomic mass is 32.2. The van der Waals surface area contributed by atoms with Crippen LogP contribution in [0.4, 0.5) is 0 Å². The number of carbonyl (C=O) groups excluding carboxylic acids is 3. The Labute approximate surface area is 401 Å². The number of esters is 3. The van der Waals surface area contributed by atoms with Gasteiger partial charge in [-0.15, -0.1) is 35.3 Å². The molecule has 0 aromatic heterocycles. The highest BCUT2D eigenvalue weighted by molar-refractivity contribution is 8.00. The van der Waals surface area contributed by atoms with Crippen molar-refractivity contribution in [3.63, 3.8) is 0 Å². The van der Waals surface area contributed by atoms with Gasteiger partial charge >= 0.3 is 17.9 Å². The molecule has 4 saturated heterocycles. The smallest absolute Gasteiger partial charge is 0.303 e.